The van der Waals surface area contributed by atoms with Gasteiger partial charge in [-0.3, -0.25) is 4.79 Å². The van der Waals surface area contributed by atoms with Crippen molar-refractivity contribution in [1.29, 1.82) is 0 Å². The SMILES string of the molecule is NS(=O)(=O)c1ccc(-n2cccc2C(=O)CCCc2ccc(Cl)cc2)cc1. The van der Waals surface area contributed by atoms with E-state index in [-0.39, 0.29) is 10.7 Å². The van der Waals surface area contributed by atoms with Gasteiger partial charge in [-0.25, -0.2) is 13.6 Å². The van der Waals surface area contributed by atoms with Crippen molar-refractivity contribution in [2.24, 2.45) is 5.14 Å². The van der Waals surface area contributed by atoms with Crippen molar-refractivity contribution in [1.82, 2.24) is 4.57 Å². The maximum Gasteiger partial charge on any atom is 0.238 e. The number of sulfonamides is 1. The van der Waals surface area contributed by atoms with Gasteiger partial charge in [-0.05, 0) is 66.9 Å². The number of Topliss-reactive ketones (excluding diaryl/α,β-unsaturated/α-hetero) is 1. The normalized spacial score (nSPS) is 11.5. The highest BCUT2D eigenvalue weighted by Crippen LogP contribution is 2.18. The van der Waals surface area contributed by atoms with Gasteiger partial charge in [0.15, 0.2) is 5.78 Å². The molecule has 0 bridgehead atoms. The van der Waals surface area contributed by atoms with Crippen LogP contribution in [-0.2, 0) is 16.4 Å². The Bertz CT molecular complexity index is 1040. The summed E-state index contributed by atoms with van der Waals surface area (Å²) in [6.45, 7) is 0. The molecular weight excluding hydrogens is 384 g/mol. The molecular formula is C20H19ClN2O3S. The molecule has 7 heteroatoms. The summed E-state index contributed by atoms with van der Waals surface area (Å²) in [5, 5.41) is 5.81. The number of halogens is 1. The van der Waals surface area contributed by atoms with Crippen LogP contribution >= 0.6 is 11.6 Å². The number of carbonyl (C=O) groups is 1. The Labute approximate surface area is 163 Å². The van der Waals surface area contributed by atoms with Crippen LogP contribution in [0.4, 0.5) is 0 Å². The van der Waals surface area contributed by atoms with Gasteiger partial charge >= 0.3 is 0 Å². The summed E-state index contributed by atoms with van der Waals surface area (Å²) in [5.74, 6) is 0.0319. The van der Waals surface area contributed by atoms with Crippen LogP contribution in [-0.4, -0.2) is 18.8 Å². The topological polar surface area (TPSA) is 82.2 Å². The lowest BCUT2D eigenvalue weighted by Gasteiger charge is -2.09. The van der Waals surface area contributed by atoms with Crippen molar-refractivity contribution in [3.8, 4) is 5.69 Å². The molecule has 0 radical (unpaired) electrons. The van der Waals surface area contributed by atoms with E-state index in [1.165, 1.54) is 12.1 Å². The van der Waals surface area contributed by atoms with Crippen LogP contribution in [0.15, 0.2) is 71.8 Å². The van der Waals surface area contributed by atoms with Gasteiger partial charge in [0.05, 0.1) is 10.6 Å². The minimum Gasteiger partial charge on any atom is -0.314 e. The second-order valence-electron chi connectivity index (χ2n) is 6.21. The fourth-order valence-corrected chi connectivity index (χ4v) is 3.50. The molecule has 0 amide bonds. The molecule has 2 N–H and O–H groups in total. The number of primary sulfonamides is 1. The largest absolute Gasteiger partial charge is 0.314 e. The maximum absolute atomic E-state index is 12.6. The molecule has 5 nitrogen and oxygen atoms in total. The molecule has 0 spiro atoms. The van der Waals surface area contributed by atoms with Gasteiger partial charge in [0, 0.05) is 23.3 Å². The zero-order valence-electron chi connectivity index (χ0n) is 14.5. The van der Waals surface area contributed by atoms with E-state index in [0.29, 0.717) is 22.8 Å². The molecule has 0 aliphatic carbocycles. The highest BCUT2D eigenvalue weighted by Gasteiger charge is 2.13. The molecule has 140 valence electrons. The van der Waals surface area contributed by atoms with Crippen LogP contribution in [0.2, 0.25) is 5.02 Å². The number of hydrogen-bond donors (Lipinski definition) is 1. The van der Waals surface area contributed by atoms with E-state index in [1.54, 1.807) is 35.0 Å². The van der Waals surface area contributed by atoms with Crippen LogP contribution in [0, 0.1) is 0 Å². The molecule has 0 saturated carbocycles. The van der Waals surface area contributed by atoms with Crippen molar-refractivity contribution in [3.05, 3.63) is 83.1 Å². The molecule has 27 heavy (non-hydrogen) atoms. The number of nitrogens with two attached hydrogens (primary N) is 1. The second-order valence-corrected chi connectivity index (χ2v) is 8.20. The molecule has 0 saturated heterocycles. The maximum atomic E-state index is 12.6. The second kappa shape index (κ2) is 8.08. The highest BCUT2D eigenvalue weighted by atomic mass is 35.5. The van der Waals surface area contributed by atoms with E-state index >= 15 is 0 Å². The van der Waals surface area contributed by atoms with Crippen molar-refractivity contribution in [3.63, 3.8) is 0 Å². The van der Waals surface area contributed by atoms with Crippen molar-refractivity contribution in [2.45, 2.75) is 24.2 Å². The summed E-state index contributed by atoms with van der Waals surface area (Å²) in [6, 6.07) is 17.3. The third kappa shape index (κ3) is 4.86. The molecule has 0 aliphatic heterocycles. The molecule has 3 rings (SSSR count). The zero-order valence-corrected chi connectivity index (χ0v) is 16.1. The van der Waals surface area contributed by atoms with Gasteiger partial charge in [0.1, 0.15) is 0 Å². The number of aryl methyl sites for hydroxylation is 1. The van der Waals surface area contributed by atoms with Crippen LogP contribution in [0.1, 0.15) is 28.9 Å². The Kier molecular flexibility index (Phi) is 5.79. The van der Waals surface area contributed by atoms with E-state index in [0.717, 1.165) is 18.4 Å². The fraction of sp³-hybridized carbons (Fsp3) is 0.150. The van der Waals surface area contributed by atoms with Gasteiger partial charge in [0.2, 0.25) is 10.0 Å². The number of nitrogens with zero attached hydrogens (tertiary/aromatic N) is 1. The number of aromatic nitrogens is 1. The first-order valence-corrected chi connectivity index (χ1v) is 10.4. The predicted molar refractivity (Wildman–Crippen MR) is 106 cm³/mol. The number of rotatable bonds is 7. The van der Waals surface area contributed by atoms with Gasteiger partial charge in [-0.2, -0.15) is 0 Å². The lowest BCUT2D eigenvalue weighted by molar-refractivity contribution is 0.0973. The summed E-state index contributed by atoms with van der Waals surface area (Å²) in [4.78, 5) is 12.6. The average molecular weight is 403 g/mol. The smallest absolute Gasteiger partial charge is 0.238 e. The van der Waals surface area contributed by atoms with Gasteiger partial charge in [-0.15, -0.1) is 0 Å². The van der Waals surface area contributed by atoms with Gasteiger partial charge < -0.3 is 4.57 Å². The summed E-state index contributed by atoms with van der Waals surface area (Å²) in [7, 11) is -3.74. The third-order valence-electron chi connectivity index (χ3n) is 4.26. The first-order chi connectivity index (χ1) is 12.8. The van der Waals surface area contributed by atoms with Crippen LogP contribution in [0.25, 0.3) is 5.69 Å². The minimum atomic E-state index is -3.74. The molecule has 1 aromatic heterocycles. The Morgan fingerprint density at radius 1 is 1.00 bits per heavy atom. The quantitative estimate of drug-likeness (QED) is 0.606. The molecule has 0 atom stereocenters. The van der Waals surface area contributed by atoms with Crippen LogP contribution in [0.3, 0.4) is 0 Å². The van der Waals surface area contributed by atoms with Crippen molar-refractivity contribution >= 4 is 27.4 Å². The number of hydrogen-bond acceptors (Lipinski definition) is 3. The van der Waals surface area contributed by atoms with E-state index in [9.17, 15) is 13.2 Å². The van der Waals surface area contributed by atoms with Gasteiger partial charge in [-0.1, -0.05) is 23.7 Å². The first kappa shape index (κ1) is 19.4. The number of ketones is 1. The Morgan fingerprint density at radius 3 is 2.30 bits per heavy atom. The lowest BCUT2D eigenvalue weighted by atomic mass is 10.1. The van der Waals surface area contributed by atoms with Crippen LogP contribution in [0.5, 0.6) is 0 Å². The zero-order chi connectivity index (χ0) is 19.4. The Hall–Kier alpha value is -2.41. The molecule has 0 aliphatic rings. The van der Waals surface area contributed by atoms with E-state index in [4.69, 9.17) is 16.7 Å². The Balaban J connectivity index is 1.68. The van der Waals surface area contributed by atoms with E-state index < -0.39 is 10.0 Å². The monoisotopic (exact) mass is 402 g/mol. The summed E-state index contributed by atoms with van der Waals surface area (Å²) in [5.41, 5.74) is 2.41. The van der Waals surface area contributed by atoms with Crippen molar-refractivity contribution < 1.29 is 13.2 Å². The average Bonchev–Trinajstić information content (AvgIpc) is 3.12. The number of carbonyl (C=O) groups excluding carboxylic acids is 1. The van der Waals surface area contributed by atoms with Crippen LogP contribution < -0.4 is 5.14 Å². The summed E-state index contributed by atoms with van der Waals surface area (Å²) < 4.78 is 24.5. The minimum absolute atomic E-state index is 0.0319. The summed E-state index contributed by atoms with van der Waals surface area (Å²) >= 11 is 5.88. The summed E-state index contributed by atoms with van der Waals surface area (Å²) in [6.07, 6.45) is 3.73. The first-order valence-electron chi connectivity index (χ1n) is 8.43. The standard InChI is InChI=1S/C20H19ClN2O3S/c21-16-8-6-15(7-9-16)3-1-5-20(24)19-4-2-14-23(19)17-10-12-18(13-11-17)27(22,25)26/h2,4,6-14H,1,3,5H2,(H2,22,25,26). The van der Waals surface area contributed by atoms with E-state index in [1.807, 2.05) is 24.3 Å². The fourth-order valence-electron chi connectivity index (χ4n) is 2.86. The van der Waals surface area contributed by atoms with Crippen molar-refractivity contribution in [2.75, 3.05) is 0 Å². The number of benzene rings is 2. The predicted octanol–water partition coefficient (Wildman–Crippen LogP) is 3.98. The Morgan fingerprint density at radius 2 is 1.67 bits per heavy atom. The van der Waals surface area contributed by atoms with E-state index in [2.05, 4.69) is 0 Å². The highest BCUT2D eigenvalue weighted by molar-refractivity contribution is 7.89. The molecule has 0 unspecified atom stereocenters. The molecule has 2 aromatic carbocycles. The molecule has 1 heterocycles. The van der Waals surface area contributed by atoms with Gasteiger partial charge in [0.25, 0.3) is 0 Å². The third-order valence-corrected chi connectivity index (χ3v) is 5.44. The lowest BCUT2D eigenvalue weighted by Crippen LogP contribution is -2.12. The molecule has 3 aromatic rings. The molecule has 0 fully saturated rings.